The summed E-state index contributed by atoms with van der Waals surface area (Å²) in [5.74, 6) is -0.480. The SMILES string of the molecule is COc1ccc(N2C(=O)C(c3c(C)[nH]n(-c4ccccc4)c3=O)=C([n+]3ccc(C)c(C)c3)C2=O)cc1. The van der Waals surface area contributed by atoms with Crippen molar-refractivity contribution >= 4 is 28.8 Å². The first-order chi connectivity index (χ1) is 17.3. The van der Waals surface area contributed by atoms with Gasteiger partial charge in [0.15, 0.2) is 12.4 Å². The van der Waals surface area contributed by atoms with Crippen LogP contribution in [0.3, 0.4) is 0 Å². The number of carbonyl (C=O) groups is 2. The number of benzene rings is 2. The monoisotopic (exact) mass is 481 g/mol. The van der Waals surface area contributed by atoms with Crippen LogP contribution < -0.4 is 19.8 Å². The largest absolute Gasteiger partial charge is 0.497 e. The van der Waals surface area contributed by atoms with Crippen molar-refractivity contribution in [2.24, 2.45) is 0 Å². The van der Waals surface area contributed by atoms with E-state index in [2.05, 4.69) is 5.10 Å². The number of rotatable bonds is 5. The number of amides is 2. The van der Waals surface area contributed by atoms with Crippen LogP contribution in [0.25, 0.3) is 17.0 Å². The fourth-order valence-electron chi connectivity index (χ4n) is 4.36. The number of aromatic amines is 1. The van der Waals surface area contributed by atoms with E-state index in [9.17, 15) is 14.4 Å². The van der Waals surface area contributed by atoms with E-state index in [0.29, 0.717) is 22.8 Å². The summed E-state index contributed by atoms with van der Waals surface area (Å²) in [6.45, 7) is 5.62. The fraction of sp³-hybridized carbons (Fsp3) is 0.143. The number of nitrogens with one attached hydrogen (secondary N) is 1. The van der Waals surface area contributed by atoms with Crippen LogP contribution in [0.4, 0.5) is 5.69 Å². The lowest BCUT2D eigenvalue weighted by Gasteiger charge is -2.14. The molecule has 1 aliphatic rings. The van der Waals surface area contributed by atoms with Crippen LogP contribution in [0.1, 0.15) is 22.4 Å². The van der Waals surface area contributed by atoms with E-state index in [1.807, 2.05) is 38.1 Å². The molecule has 1 N–H and O–H groups in total. The van der Waals surface area contributed by atoms with Gasteiger partial charge in [-0.25, -0.2) is 9.58 Å². The van der Waals surface area contributed by atoms with Gasteiger partial charge in [0.2, 0.25) is 0 Å². The third-order valence-corrected chi connectivity index (χ3v) is 6.42. The predicted molar refractivity (Wildman–Crippen MR) is 136 cm³/mol. The summed E-state index contributed by atoms with van der Waals surface area (Å²) in [7, 11) is 1.54. The van der Waals surface area contributed by atoms with Crippen molar-refractivity contribution in [3.8, 4) is 11.4 Å². The highest BCUT2D eigenvalue weighted by Gasteiger charge is 2.48. The summed E-state index contributed by atoms with van der Waals surface area (Å²) in [6.07, 6.45) is 3.53. The van der Waals surface area contributed by atoms with Crippen LogP contribution in [-0.2, 0) is 9.59 Å². The first-order valence-electron chi connectivity index (χ1n) is 11.4. The third-order valence-electron chi connectivity index (χ3n) is 6.42. The molecule has 2 aromatic heterocycles. The number of anilines is 1. The zero-order chi connectivity index (χ0) is 25.6. The van der Waals surface area contributed by atoms with E-state index in [1.165, 1.54) is 4.68 Å². The van der Waals surface area contributed by atoms with Gasteiger partial charge in [0, 0.05) is 17.3 Å². The molecule has 180 valence electrons. The van der Waals surface area contributed by atoms with Gasteiger partial charge in [0.25, 0.3) is 17.2 Å². The van der Waals surface area contributed by atoms with Gasteiger partial charge in [-0.1, -0.05) is 18.2 Å². The topological polar surface area (TPSA) is 88.3 Å². The Labute approximate surface area is 207 Å². The van der Waals surface area contributed by atoms with E-state index in [-0.39, 0.29) is 16.8 Å². The molecule has 36 heavy (non-hydrogen) atoms. The summed E-state index contributed by atoms with van der Waals surface area (Å²) in [6, 6.07) is 17.6. The van der Waals surface area contributed by atoms with Crippen molar-refractivity contribution in [2.45, 2.75) is 20.8 Å². The number of para-hydroxylation sites is 1. The maximum absolute atomic E-state index is 13.9. The predicted octanol–water partition coefficient (Wildman–Crippen LogP) is 3.33. The van der Waals surface area contributed by atoms with E-state index in [0.717, 1.165) is 16.0 Å². The minimum Gasteiger partial charge on any atom is -0.497 e. The second kappa shape index (κ2) is 8.81. The van der Waals surface area contributed by atoms with E-state index < -0.39 is 17.4 Å². The number of pyridine rings is 1. The number of H-pyrrole nitrogens is 1. The molecule has 0 fully saturated rings. The molecule has 3 heterocycles. The molecule has 8 heteroatoms. The minimum atomic E-state index is -0.565. The number of carbonyl (C=O) groups excluding carboxylic acids is 2. The van der Waals surface area contributed by atoms with Crippen molar-refractivity contribution in [3.05, 3.63) is 106 Å². The molecule has 5 rings (SSSR count). The van der Waals surface area contributed by atoms with Crippen LogP contribution in [0.5, 0.6) is 5.75 Å². The molecular weight excluding hydrogens is 456 g/mol. The minimum absolute atomic E-state index is 0.0532. The highest BCUT2D eigenvalue weighted by atomic mass is 16.5. The fourth-order valence-corrected chi connectivity index (χ4v) is 4.36. The van der Waals surface area contributed by atoms with Crippen LogP contribution in [-0.4, -0.2) is 28.7 Å². The van der Waals surface area contributed by atoms with Crippen molar-refractivity contribution in [2.75, 3.05) is 12.0 Å². The van der Waals surface area contributed by atoms with Gasteiger partial charge < -0.3 is 4.74 Å². The Morgan fingerprint density at radius 2 is 1.50 bits per heavy atom. The Morgan fingerprint density at radius 3 is 2.14 bits per heavy atom. The Kier molecular flexibility index (Phi) is 5.64. The Balaban J connectivity index is 1.75. The van der Waals surface area contributed by atoms with Gasteiger partial charge in [-0.2, -0.15) is 4.57 Å². The van der Waals surface area contributed by atoms with Crippen molar-refractivity contribution in [1.29, 1.82) is 0 Å². The second-order valence-corrected chi connectivity index (χ2v) is 8.67. The van der Waals surface area contributed by atoms with Crippen LogP contribution >= 0.6 is 0 Å². The van der Waals surface area contributed by atoms with Gasteiger partial charge in [-0.3, -0.25) is 19.5 Å². The number of nitrogens with zero attached hydrogens (tertiary/aromatic N) is 3. The lowest BCUT2D eigenvalue weighted by atomic mass is 10.0. The second-order valence-electron chi connectivity index (χ2n) is 8.67. The lowest BCUT2D eigenvalue weighted by molar-refractivity contribution is -0.577. The number of methoxy groups -OCH3 is 1. The summed E-state index contributed by atoms with van der Waals surface area (Å²) in [5.41, 5.74) is 3.42. The van der Waals surface area contributed by atoms with Crippen LogP contribution in [0, 0.1) is 20.8 Å². The summed E-state index contributed by atoms with van der Waals surface area (Å²) < 4.78 is 8.22. The van der Waals surface area contributed by atoms with Gasteiger partial charge in [0.05, 0.1) is 24.0 Å². The molecule has 0 aliphatic carbocycles. The molecule has 4 aromatic rings. The Morgan fingerprint density at radius 1 is 0.806 bits per heavy atom. The molecule has 0 unspecified atom stereocenters. The highest BCUT2D eigenvalue weighted by molar-refractivity contribution is 6.53. The summed E-state index contributed by atoms with van der Waals surface area (Å²) in [4.78, 5) is 42.5. The molecule has 8 nitrogen and oxygen atoms in total. The van der Waals surface area contributed by atoms with Gasteiger partial charge in [-0.15, -0.1) is 0 Å². The molecule has 0 saturated heterocycles. The number of ether oxygens (including phenoxy) is 1. The quantitative estimate of drug-likeness (QED) is 0.350. The van der Waals surface area contributed by atoms with Gasteiger partial charge in [-0.05, 0) is 62.7 Å². The first kappa shape index (κ1) is 23.0. The number of imide groups is 1. The number of aromatic nitrogens is 3. The lowest BCUT2D eigenvalue weighted by Crippen LogP contribution is -2.40. The van der Waals surface area contributed by atoms with Crippen LogP contribution in [0.15, 0.2) is 77.9 Å². The molecule has 0 saturated carbocycles. The number of hydrogen-bond acceptors (Lipinski definition) is 4. The van der Waals surface area contributed by atoms with Gasteiger partial charge >= 0.3 is 5.91 Å². The molecule has 0 spiro atoms. The zero-order valence-corrected chi connectivity index (χ0v) is 20.4. The maximum atomic E-state index is 13.9. The Hall–Kier alpha value is -4.72. The first-order valence-corrected chi connectivity index (χ1v) is 11.4. The molecule has 2 aromatic carbocycles. The van der Waals surface area contributed by atoms with Crippen LogP contribution in [0.2, 0.25) is 0 Å². The third kappa shape index (κ3) is 3.63. The average molecular weight is 482 g/mol. The van der Waals surface area contributed by atoms with Crippen molar-refractivity contribution in [1.82, 2.24) is 9.78 Å². The highest BCUT2D eigenvalue weighted by Crippen LogP contribution is 2.34. The van der Waals surface area contributed by atoms with Gasteiger partial charge in [0.1, 0.15) is 11.3 Å². The maximum Gasteiger partial charge on any atom is 0.331 e. The molecule has 0 atom stereocenters. The van der Waals surface area contributed by atoms with Crippen molar-refractivity contribution < 1.29 is 18.9 Å². The zero-order valence-electron chi connectivity index (χ0n) is 20.4. The van der Waals surface area contributed by atoms with E-state index in [1.54, 1.807) is 67.4 Å². The normalized spacial score (nSPS) is 13.6. The van der Waals surface area contributed by atoms with E-state index in [4.69, 9.17) is 4.74 Å². The average Bonchev–Trinajstić information content (AvgIpc) is 3.32. The molecular formula is C28H25N4O4+. The Bertz CT molecular complexity index is 1600. The van der Waals surface area contributed by atoms with E-state index >= 15 is 0 Å². The molecule has 0 radical (unpaired) electrons. The number of hydrogen-bond donors (Lipinski definition) is 1. The molecule has 2 amide bonds. The van der Waals surface area contributed by atoms with Crippen molar-refractivity contribution in [3.63, 3.8) is 0 Å². The standard InChI is InChI=1S/C28H24N4O4/c1-17-14-15-30(16-18(17)2)25-24(23-19(3)29-32(27(23)34)21-8-6-5-7-9-21)26(33)31(28(25)35)20-10-12-22(36-4)13-11-20/h5-16H,1-4H3/p+1. The summed E-state index contributed by atoms with van der Waals surface area (Å²) >= 11 is 0. The summed E-state index contributed by atoms with van der Waals surface area (Å²) in [5, 5.41) is 3.07. The smallest absolute Gasteiger partial charge is 0.331 e. The molecule has 0 bridgehead atoms. The molecule has 1 aliphatic heterocycles. The number of aryl methyl sites for hydroxylation is 3.